The number of alkyl halides is 1. The summed E-state index contributed by atoms with van der Waals surface area (Å²) in [5, 5.41) is 31.8. The Morgan fingerprint density at radius 1 is 1.29 bits per heavy atom. The summed E-state index contributed by atoms with van der Waals surface area (Å²) in [6.07, 6.45) is 5.99. The highest BCUT2D eigenvalue weighted by atomic mass is 79.9. The van der Waals surface area contributed by atoms with Crippen LogP contribution in [0.3, 0.4) is 0 Å². The third-order valence-electron chi connectivity index (χ3n) is 8.57. The summed E-state index contributed by atoms with van der Waals surface area (Å²) in [7, 11) is 0. The SMILES string of the molecule is CCC(=O)O[C@H]1[C@H](Br)CC2C3C(CC[C@@]21CO)[C@@]1(C)CC[C@H](O)CC1=C[C@@H]3O. The van der Waals surface area contributed by atoms with E-state index in [4.69, 9.17) is 4.74 Å². The molecule has 4 rings (SSSR count). The van der Waals surface area contributed by atoms with Crippen molar-refractivity contribution in [1.82, 2.24) is 0 Å². The monoisotopic (exact) mass is 456 g/mol. The molecule has 0 amide bonds. The lowest BCUT2D eigenvalue weighted by Crippen LogP contribution is -2.57. The lowest BCUT2D eigenvalue weighted by molar-refractivity contribution is -0.168. The van der Waals surface area contributed by atoms with E-state index in [1.807, 2.05) is 6.08 Å². The quantitative estimate of drug-likeness (QED) is 0.345. The topological polar surface area (TPSA) is 87.0 Å². The lowest BCUT2D eigenvalue weighted by atomic mass is 9.47. The average Bonchev–Trinajstić information content (AvgIpc) is 2.95. The van der Waals surface area contributed by atoms with Crippen LogP contribution in [0.1, 0.15) is 58.8 Å². The Morgan fingerprint density at radius 3 is 2.71 bits per heavy atom. The van der Waals surface area contributed by atoms with Gasteiger partial charge in [0.15, 0.2) is 0 Å². The van der Waals surface area contributed by atoms with Crippen LogP contribution in [0.15, 0.2) is 11.6 Å². The van der Waals surface area contributed by atoms with Gasteiger partial charge in [-0.05, 0) is 61.7 Å². The van der Waals surface area contributed by atoms with Gasteiger partial charge in [-0.3, -0.25) is 4.79 Å². The van der Waals surface area contributed by atoms with Gasteiger partial charge >= 0.3 is 5.97 Å². The van der Waals surface area contributed by atoms with Crippen molar-refractivity contribution in [3.8, 4) is 0 Å². The van der Waals surface area contributed by atoms with Crippen molar-refractivity contribution >= 4 is 21.9 Å². The van der Waals surface area contributed by atoms with Crippen LogP contribution in [0.4, 0.5) is 0 Å². The summed E-state index contributed by atoms with van der Waals surface area (Å²) in [6.45, 7) is 4.06. The van der Waals surface area contributed by atoms with Crippen molar-refractivity contribution in [3.63, 3.8) is 0 Å². The average molecular weight is 457 g/mol. The number of carbonyl (C=O) groups is 1. The number of hydrogen-bond acceptors (Lipinski definition) is 5. The van der Waals surface area contributed by atoms with E-state index < -0.39 is 11.5 Å². The predicted octanol–water partition coefficient (Wildman–Crippen LogP) is 2.95. The van der Waals surface area contributed by atoms with E-state index >= 15 is 0 Å². The molecule has 0 bridgehead atoms. The zero-order valence-corrected chi connectivity index (χ0v) is 18.4. The van der Waals surface area contributed by atoms with Gasteiger partial charge in [0, 0.05) is 11.8 Å². The highest BCUT2D eigenvalue weighted by Crippen LogP contribution is 2.66. The molecule has 158 valence electrons. The number of fused-ring (bicyclic) bond motifs is 5. The Labute approximate surface area is 175 Å². The molecule has 3 saturated carbocycles. The second kappa shape index (κ2) is 7.36. The van der Waals surface area contributed by atoms with Crippen LogP contribution >= 0.6 is 15.9 Å². The molecule has 9 atom stereocenters. The van der Waals surface area contributed by atoms with Crippen LogP contribution in [-0.4, -0.2) is 51.0 Å². The van der Waals surface area contributed by atoms with Crippen LogP contribution in [0.25, 0.3) is 0 Å². The molecule has 0 aliphatic heterocycles. The first-order valence-electron chi connectivity index (χ1n) is 10.8. The second-order valence-electron chi connectivity index (χ2n) is 9.73. The molecule has 4 aliphatic rings. The minimum Gasteiger partial charge on any atom is -0.460 e. The molecule has 4 aliphatic carbocycles. The molecule has 28 heavy (non-hydrogen) atoms. The van der Waals surface area contributed by atoms with Gasteiger partial charge in [0.05, 0.1) is 23.6 Å². The summed E-state index contributed by atoms with van der Waals surface area (Å²) in [5.41, 5.74) is 0.723. The molecule has 0 heterocycles. The van der Waals surface area contributed by atoms with Gasteiger partial charge in [0.1, 0.15) is 6.10 Å². The van der Waals surface area contributed by atoms with Gasteiger partial charge < -0.3 is 20.1 Å². The molecule has 0 saturated heterocycles. The molecule has 5 nitrogen and oxygen atoms in total. The van der Waals surface area contributed by atoms with Crippen molar-refractivity contribution < 1.29 is 24.9 Å². The number of aliphatic hydroxyl groups is 3. The minimum absolute atomic E-state index is 0.00235. The third kappa shape index (κ3) is 2.93. The van der Waals surface area contributed by atoms with E-state index in [1.165, 1.54) is 5.57 Å². The summed E-state index contributed by atoms with van der Waals surface area (Å²) in [5.74, 6) is 0.256. The number of aliphatic hydroxyl groups excluding tert-OH is 3. The fourth-order valence-electron chi connectivity index (χ4n) is 7.07. The number of ether oxygens (including phenoxy) is 1. The largest absolute Gasteiger partial charge is 0.460 e. The van der Waals surface area contributed by atoms with E-state index in [0.29, 0.717) is 18.8 Å². The molecule has 0 aromatic heterocycles. The Hall–Kier alpha value is -0.430. The van der Waals surface area contributed by atoms with Crippen LogP contribution in [-0.2, 0) is 9.53 Å². The van der Waals surface area contributed by atoms with Crippen molar-refractivity contribution in [3.05, 3.63) is 11.6 Å². The van der Waals surface area contributed by atoms with E-state index in [9.17, 15) is 20.1 Å². The molecule has 3 fully saturated rings. The number of hydrogen-bond donors (Lipinski definition) is 3. The fourth-order valence-corrected chi connectivity index (χ4v) is 8.11. The number of rotatable bonds is 3. The van der Waals surface area contributed by atoms with Crippen molar-refractivity contribution in [2.45, 2.75) is 81.9 Å². The highest BCUT2D eigenvalue weighted by molar-refractivity contribution is 9.09. The molecule has 0 radical (unpaired) electrons. The van der Waals surface area contributed by atoms with Gasteiger partial charge in [-0.25, -0.2) is 0 Å². The summed E-state index contributed by atoms with van der Waals surface area (Å²) < 4.78 is 5.82. The first kappa shape index (κ1) is 20.8. The first-order valence-corrected chi connectivity index (χ1v) is 11.7. The standard InChI is InChI=1S/C22H33BrO5/c1-3-18(27)28-20-16(23)10-15-19-14(5-7-22(15,20)11-24)21(2)6-4-13(25)8-12(21)9-17(19)26/h9,13-17,19-20,24-26H,3-8,10-11H2,1-2H3/t13-,14?,15?,16+,17-,19?,20-,21-,22+/m0/s1. The zero-order chi connectivity index (χ0) is 20.3. The molecule has 3 unspecified atom stereocenters. The molecule has 3 N–H and O–H groups in total. The van der Waals surface area contributed by atoms with Gasteiger partial charge in [0.25, 0.3) is 0 Å². The highest BCUT2D eigenvalue weighted by Gasteiger charge is 2.65. The Bertz CT molecular complexity index is 665. The van der Waals surface area contributed by atoms with Crippen molar-refractivity contribution in [1.29, 1.82) is 0 Å². The molecular formula is C22H33BrO5. The lowest BCUT2D eigenvalue weighted by Gasteiger charge is -2.59. The van der Waals surface area contributed by atoms with Crippen molar-refractivity contribution in [2.24, 2.45) is 28.6 Å². The Morgan fingerprint density at radius 2 is 2.04 bits per heavy atom. The van der Waals surface area contributed by atoms with Gasteiger partial charge in [-0.1, -0.05) is 41.4 Å². The fraction of sp³-hybridized carbons (Fsp3) is 0.864. The maximum atomic E-state index is 12.1. The Kier molecular flexibility index (Phi) is 5.48. The summed E-state index contributed by atoms with van der Waals surface area (Å²) >= 11 is 3.74. The first-order chi connectivity index (χ1) is 13.3. The minimum atomic E-state index is -0.574. The summed E-state index contributed by atoms with van der Waals surface area (Å²) in [6, 6.07) is 0. The van der Waals surface area contributed by atoms with E-state index in [-0.39, 0.29) is 46.9 Å². The van der Waals surface area contributed by atoms with Crippen LogP contribution in [0.5, 0.6) is 0 Å². The maximum absolute atomic E-state index is 12.1. The molecule has 6 heteroatoms. The van der Waals surface area contributed by atoms with Crippen LogP contribution in [0, 0.1) is 28.6 Å². The predicted molar refractivity (Wildman–Crippen MR) is 109 cm³/mol. The van der Waals surface area contributed by atoms with Gasteiger partial charge in [0.2, 0.25) is 0 Å². The molecular weight excluding hydrogens is 424 g/mol. The number of halogens is 1. The second-order valence-corrected chi connectivity index (χ2v) is 10.9. The number of esters is 1. The van der Waals surface area contributed by atoms with E-state index in [2.05, 4.69) is 22.9 Å². The molecule has 0 aromatic carbocycles. The number of carbonyl (C=O) groups excluding carboxylic acids is 1. The smallest absolute Gasteiger partial charge is 0.305 e. The molecule has 0 aromatic rings. The normalized spacial score (nSPS) is 50.2. The van der Waals surface area contributed by atoms with Crippen LogP contribution in [0.2, 0.25) is 0 Å². The van der Waals surface area contributed by atoms with Gasteiger partial charge in [-0.15, -0.1) is 0 Å². The van der Waals surface area contributed by atoms with E-state index in [0.717, 1.165) is 32.1 Å². The summed E-state index contributed by atoms with van der Waals surface area (Å²) in [4.78, 5) is 12.1. The van der Waals surface area contributed by atoms with Crippen LogP contribution < -0.4 is 0 Å². The zero-order valence-electron chi connectivity index (χ0n) is 16.8. The molecule has 0 spiro atoms. The maximum Gasteiger partial charge on any atom is 0.305 e. The van der Waals surface area contributed by atoms with E-state index in [1.54, 1.807) is 6.92 Å². The van der Waals surface area contributed by atoms with Crippen molar-refractivity contribution in [2.75, 3.05) is 6.61 Å². The Balaban J connectivity index is 1.70. The van der Waals surface area contributed by atoms with Gasteiger partial charge in [-0.2, -0.15) is 0 Å². The third-order valence-corrected chi connectivity index (χ3v) is 9.43.